The smallest absolute Gasteiger partial charge is 0.273 e. The number of nitrogens with zero attached hydrogens (tertiary/aromatic N) is 3. The van der Waals surface area contributed by atoms with Crippen LogP contribution in [0, 0.1) is 0 Å². The van der Waals surface area contributed by atoms with Gasteiger partial charge in [-0.05, 0) is 30.7 Å². The highest BCUT2D eigenvalue weighted by Gasteiger charge is 2.35. The minimum Gasteiger partial charge on any atom is -0.497 e. The highest BCUT2D eigenvalue weighted by atomic mass is 32.2. The van der Waals surface area contributed by atoms with Crippen LogP contribution in [0.1, 0.15) is 19.8 Å². The highest BCUT2D eigenvalue weighted by molar-refractivity contribution is 8.31. The molecule has 2 aliphatic heterocycles. The van der Waals surface area contributed by atoms with E-state index in [4.69, 9.17) is 17.0 Å². The average Bonchev–Trinajstić information content (AvgIpc) is 3.48. The normalized spacial score (nSPS) is 18.5. The number of ether oxygens (including phenoxy) is 1. The lowest BCUT2D eigenvalue weighted by Crippen LogP contribution is -2.35. The second kappa shape index (κ2) is 9.85. The summed E-state index contributed by atoms with van der Waals surface area (Å²) in [6, 6.07) is 15.3. The molecule has 0 unspecified atom stereocenters. The molecule has 0 saturated carbocycles. The SMILES string of the molecule is CCCCn1c(=O)/c(=C2/Sc3ccc(OC)cc3N2C)s/c1=C1\SC(=S)N(c2ccccc2)C1=O. The summed E-state index contributed by atoms with van der Waals surface area (Å²) >= 11 is 9.78. The van der Waals surface area contributed by atoms with E-state index in [2.05, 4.69) is 6.92 Å². The second-order valence-corrected chi connectivity index (χ2v) is 11.7. The van der Waals surface area contributed by atoms with Crippen LogP contribution in [0.3, 0.4) is 0 Å². The zero-order chi connectivity index (χ0) is 24.7. The molecule has 0 bridgehead atoms. The number of amides is 1. The minimum atomic E-state index is -0.185. The van der Waals surface area contributed by atoms with Crippen molar-refractivity contribution >= 4 is 78.6 Å². The van der Waals surface area contributed by atoms with Crippen LogP contribution in [0.15, 0.2) is 58.2 Å². The van der Waals surface area contributed by atoms with Crippen molar-refractivity contribution in [3.63, 3.8) is 0 Å². The maximum Gasteiger partial charge on any atom is 0.273 e. The number of hydrogen-bond acceptors (Lipinski definition) is 8. The Labute approximate surface area is 220 Å². The first kappa shape index (κ1) is 24.2. The molecule has 10 heteroatoms. The molecule has 2 aromatic carbocycles. The van der Waals surface area contributed by atoms with Gasteiger partial charge in [0.05, 0.1) is 18.5 Å². The first-order valence-electron chi connectivity index (χ1n) is 11.1. The standard InChI is InChI=1S/C25H23N3O3S4/c1-4-5-13-27-21(29)19(23-26(2)17-14-16(31-3)11-12-18(17)33-23)34-24(27)20-22(30)28(25(32)35-20)15-9-7-6-8-10-15/h6-12,14H,4-5,13H2,1-3H3/b23-19-,24-20-. The molecule has 180 valence electrons. The number of para-hydroxylation sites is 1. The van der Waals surface area contributed by atoms with Gasteiger partial charge in [0.1, 0.15) is 24.9 Å². The third-order valence-electron chi connectivity index (χ3n) is 5.83. The topological polar surface area (TPSA) is 54.8 Å². The number of benzene rings is 2. The highest BCUT2D eigenvalue weighted by Crippen LogP contribution is 2.46. The fourth-order valence-corrected chi connectivity index (χ4v) is 7.89. The number of hydrogen-bond donors (Lipinski definition) is 0. The predicted molar refractivity (Wildman–Crippen MR) is 151 cm³/mol. The summed E-state index contributed by atoms with van der Waals surface area (Å²) in [4.78, 5) is 32.4. The fourth-order valence-electron chi connectivity index (χ4n) is 3.98. The third kappa shape index (κ3) is 4.22. The number of rotatable bonds is 5. The molecule has 35 heavy (non-hydrogen) atoms. The predicted octanol–water partition coefficient (Wildman–Crippen LogP) is 4.20. The largest absolute Gasteiger partial charge is 0.497 e. The Kier molecular flexibility index (Phi) is 6.80. The van der Waals surface area contributed by atoms with E-state index in [1.807, 2.05) is 60.5 Å². The maximum absolute atomic E-state index is 13.7. The molecule has 0 spiro atoms. The number of anilines is 2. The number of thiocarbonyl (C=S) groups is 1. The number of thiazole rings is 1. The van der Waals surface area contributed by atoms with E-state index in [-0.39, 0.29) is 11.5 Å². The van der Waals surface area contributed by atoms with Crippen molar-refractivity contribution < 1.29 is 9.53 Å². The van der Waals surface area contributed by atoms with Gasteiger partial charge in [0.2, 0.25) is 0 Å². The van der Waals surface area contributed by atoms with Crippen molar-refractivity contribution in [2.24, 2.45) is 0 Å². The lowest BCUT2D eigenvalue weighted by molar-refractivity contribution is -0.112. The Hall–Kier alpha value is -2.53. The van der Waals surface area contributed by atoms with Crippen LogP contribution in [-0.4, -0.2) is 29.0 Å². The summed E-state index contributed by atoms with van der Waals surface area (Å²) in [7, 11) is 3.60. The Morgan fingerprint density at radius 2 is 1.83 bits per heavy atom. The van der Waals surface area contributed by atoms with Crippen LogP contribution in [-0.2, 0) is 11.3 Å². The van der Waals surface area contributed by atoms with E-state index in [0.29, 0.717) is 25.0 Å². The van der Waals surface area contributed by atoms with Gasteiger partial charge in [-0.25, -0.2) is 0 Å². The van der Waals surface area contributed by atoms with E-state index in [0.717, 1.165) is 39.9 Å². The van der Waals surface area contributed by atoms with Crippen LogP contribution in [0.4, 0.5) is 11.4 Å². The number of thioether (sulfide) groups is 2. The van der Waals surface area contributed by atoms with Gasteiger partial charge in [-0.15, -0.1) is 11.3 Å². The van der Waals surface area contributed by atoms with Gasteiger partial charge < -0.3 is 9.64 Å². The Balaban J connectivity index is 1.69. The lowest BCUT2D eigenvalue weighted by atomic mass is 10.3. The Morgan fingerprint density at radius 1 is 1.06 bits per heavy atom. The number of aromatic nitrogens is 1. The monoisotopic (exact) mass is 541 g/mol. The van der Waals surface area contributed by atoms with E-state index in [9.17, 15) is 9.59 Å². The quantitative estimate of drug-likeness (QED) is 0.449. The van der Waals surface area contributed by atoms with Crippen molar-refractivity contribution in [2.45, 2.75) is 31.2 Å². The van der Waals surface area contributed by atoms with Crippen LogP contribution in [0.25, 0.3) is 9.93 Å². The van der Waals surface area contributed by atoms with Crippen molar-refractivity contribution in [3.8, 4) is 5.75 Å². The van der Waals surface area contributed by atoms with Crippen molar-refractivity contribution in [3.05, 3.63) is 68.1 Å². The van der Waals surface area contributed by atoms with E-state index in [1.54, 1.807) is 28.3 Å². The number of unbranched alkanes of at least 4 members (excludes halogenated alkanes) is 1. The first-order chi connectivity index (χ1) is 16.9. The third-order valence-corrected chi connectivity index (χ3v) is 9.88. The molecular weight excluding hydrogens is 519 g/mol. The van der Waals surface area contributed by atoms with Crippen LogP contribution < -0.4 is 29.3 Å². The molecule has 3 heterocycles. The van der Waals surface area contributed by atoms with Crippen molar-refractivity contribution in [1.82, 2.24) is 4.57 Å². The molecule has 1 amide bonds. The molecule has 0 atom stereocenters. The summed E-state index contributed by atoms with van der Waals surface area (Å²) < 4.78 is 8.91. The number of carbonyl (C=O) groups excluding carboxylic acids is 1. The van der Waals surface area contributed by atoms with Gasteiger partial charge in [0.25, 0.3) is 11.5 Å². The molecular formula is C25H23N3O3S4. The number of methoxy groups -OCH3 is 1. The summed E-state index contributed by atoms with van der Waals surface area (Å²) in [5.41, 5.74) is 1.65. The summed E-state index contributed by atoms with van der Waals surface area (Å²) in [6.07, 6.45) is 1.79. The molecule has 5 rings (SSSR count). The Morgan fingerprint density at radius 3 is 2.54 bits per heavy atom. The molecule has 3 aromatic rings. The minimum absolute atomic E-state index is 0.0717. The van der Waals surface area contributed by atoms with Crippen LogP contribution >= 0.6 is 47.1 Å². The summed E-state index contributed by atoms with van der Waals surface area (Å²) in [5.74, 6) is 0.581. The van der Waals surface area contributed by atoms with Crippen LogP contribution in [0.5, 0.6) is 5.75 Å². The lowest BCUT2D eigenvalue weighted by Gasteiger charge is -2.13. The number of fused-ring (bicyclic) bond motifs is 1. The summed E-state index contributed by atoms with van der Waals surface area (Å²) in [5, 5.41) is 0.860. The van der Waals surface area contributed by atoms with E-state index in [1.165, 1.54) is 23.1 Å². The second-order valence-electron chi connectivity index (χ2n) is 8.02. The fraction of sp³-hybridized carbons (Fsp3) is 0.240. The van der Waals surface area contributed by atoms with E-state index >= 15 is 0 Å². The molecule has 1 aromatic heterocycles. The molecule has 1 saturated heterocycles. The number of carbonyl (C=O) groups is 1. The molecule has 0 aliphatic carbocycles. The van der Waals surface area contributed by atoms with Gasteiger partial charge >= 0.3 is 0 Å². The zero-order valence-electron chi connectivity index (χ0n) is 19.4. The van der Waals surface area contributed by atoms with Crippen LogP contribution in [0.2, 0.25) is 0 Å². The molecule has 0 N–H and O–H groups in total. The molecule has 2 aliphatic rings. The first-order valence-corrected chi connectivity index (χ1v) is 14.0. The van der Waals surface area contributed by atoms with Gasteiger partial charge in [-0.2, -0.15) is 0 Å². The molecule has 1 fully saturated rings. The Bertz CT molecular complexity index is 1510. The van der Waals surface area contributed by atoms with Crippen molar-refractivity contribution in [1.29, 1.82) is 0 Å². The van der Waals surface area contributed by atoms with Gasteiger partial charge in [0.15, 0.2) is 4.32 Å². The van der Waals surface area contributed by atoms with Gasteiger partial charge in [0, 0.05) is 24.6 Å². The summed E-state index contributed by atoms with van der Waals surface area (Å²) in [6.45, 7) is 2.64. The molecule has 0 radical (unpaired) electrons. The van der Waals surface area contributed by atoms with Crippen molar-refractivity contribution in [2.75, 3.05) is 24.0 Å². The van der Waals surface area contributed by atoms with Gasteiger partial charge in [-0.3, -0.25) is 19.1 Å². The molecule has 6 nitrogen and oxygen atoms in total. The maximum atomic E-state index is 13.7. The van der Waals surface area contributed by atoms with Gasteiger partial charge in [-0.1, -0.05) is 67.3 Å². The average molecular weight is 542 g/mol. The zero-order valence-corrected chi connectivity index (χ0v) is 22.7. The van der Waals surface area contributed by atoms with E-state index < -0.39 is 0 Å².